The maximum atomic E-state index is 12.6. The van der Waals surface area contributed by atoms with Crippen molar-refractivity contribution < 1.29 is 4.79 Å². The molecule has 24 heavy (non-hydrogen) atoms. The molecular weight excluding hydrogens is 316 g/mol. The number of piperidine rings is 1. The van der Waals surface area contributed by atoms with E-state index in [-0.39, 0.29) is 11.9 Å². The van der Waals surface area contributed by atoms with Crippen LogP contribution in [0.2, 0.25) is 0 Å². The monoisotopic (exact) mass is 342 g/mol. The number of nitrogens with zero attached hydrogens (tertiary/aromatic N) is 1. The fourth-order valence-electron chi connectivity index (χ4n) is 3.42. The summed E-state index contributed by atoms with van der Waals surface area (Å²) in [5, 5.41) is 7.51. The van der Waals surface area contributed by atoms with Gasteiger partial charge in [0.05, 0.1) is 6.04 Å². The summed E-state index contributed by atoms with van der Waals surface area (Å²) >= 11 is 1.73. The molecule has 0 spiro atoms. The van der Waals surface area contributed by atoms with Crippen LogP contribution >= 0.6 is 11.3 Å². The lowest BCUT2D eigenvalue weighted by atomic mass is 10.0. The minimum absolute atomic E-state index is 0.0356. The SMILES string of the molecule is Cc1ccc(C)c(C(=O)NCC(c2ccsc2)N2CCCCC2)c1. The van der Waals surface area contributed by atoms with Crippen LogP contribution in [0.15, 0.2) is 35.0 Å². The highest BCUT2D eigenvalue weighted by atomic mass is 32.1. The van der Waals surface area contributed by atoms with Crippen LogP contribution in [0.1, 0.15) is 52.4 Å². The van der Waals surface area contributed by atoms with Crippen LogP contribution in [0.25, 0.3) is 0 Å². The smallest absolute Gasteiger partial charge is 0.251 e. The first-order valence-electron chi connectivity index (χ1n) is 8.77. The first-order chi connectivity index (χ1) is 11.6. The van der Waals surface area contributed by atoms with Gasteiger partial charge < -0.3 is 5.32 Å². The number of rotatable bonds is 5. The van der Waals surface area contributed by atoms with Crippen LogP contribution in [0.3, 0.4) is 0 Å². The minimum atomic E-state index is 0.0356. The van der Waals surface area contributed by atoms with Gasteiger partial charge in [0.1, 0.15) is 0 Å². The number of hydrogen-bond acceptors (Lipinski definition) is 3. The van der Waals surface area contributed by atoms with Crippen LogP contribution in [-0.2, 0) is 0 Å². The highest BCUT2D eigenvalue weighted by Gasteiger charge is 2.23. The maximum Gasteiger partial charge on any atom is 0.251 e. The Hall–Kier alpha value is -1.65. The Kier molecular flexibility index (Phi) is 5.69. The zero-order chi connectivity index (χ0) is 16.9. The summed E-state index contributed by atoms with van der Waals surface area (Å²) in [6.07, 6.45) is 3.83. The van der Waals surface area contributed by atoms with Crippen LogP contribution in [0, 0.1) is 13.8 Å². The number of aryl methyl sites for hydroxylation is 2. The molecule has 1 aromatic carbocycles. The molecule has 3 nitrogen and oxygen atoms in total. The average Bonchev–Trinajstić information content (AvgIpc) is 3.12. The lowest BCUT2D eigenvalue weighted by molar-refractivity contribution is 0.0924. The lowest BCUT2D eigenvalue weighted by Crippen LogP contribution is -2.40. The summed E-state index contributed by atoms with van der Waals surface area (Å²) < 4.78 is 0. The fourth-order valence-corrected chi connectivity index (χ4v) is 4.12. The second-order valence-electron chi connectivity index (χ2n) is 6.70. The molecule has 1 aromatic heterocycles. The first-order valence-corrected chi connectivity index (χ1v) is 9.71. The molecule has 2 aromatic rings. The number of amides is 1. The second-order valence-corrected chi connectivity index (χ2v) is 7.48. The lowest BCUT2D eigenvalue weighted by Gasteiger charge is -2.34. The van der Waals surface area contributed by atoms with Gasteiger partial charge in [-0.25, -0.2) is 0 Å². The normalized spacial score (nSPS) is 16.8. The topological polar surface area (TPSA) is 32.3 Å². The molecule has 1 N–H and O–H groups in total. The average molecular weight is 343 g/mol. The molecule has 1 aliphatic rings. The predicted molar refractivity (Wildman–Crippen MR) is 101 cm³/mol. The zero-order valence-corrected chi connectivity index (χ0v) is 15.4. The van der Waals surface area contributed by atoms with Gasteiger partial charge in [0.15, 0.2) is 0 Å². The van der Waals surface area contributed by atoms with Crippen LogP contribution in [0.5, 0.6) is 0 Å². The summed E-state index contributed by atoms with van der Waals surface area (Å²) in [5.74, 6) is 0.0356. The molecule has 4 heteroatoms. The van der Waals surface area contributed by atoms with Crippen molar-refractivity contribution in [2.75, 3.05) is 19.6 Å². The van der Waals surface area contributed by atoms with Crippen LogP contribution in [0.4, 0.5) is 0 Å². The van der Waals surface area contributed by atoms with Crippen molar-refractivity contribution in [1.82, 2.24) is 10.2 Å². The maximum absolute atomic E-state index is 12.6. The summed E-state index contributed by atoms with van der Waals surface area (Å²) in [7, 11) is 0. The summed E-state index contributed by atoms with van der Waals surface area (Å²) in [4.78, 5) is 15.2. The highest BCUT2D eigenvalue weighted by Crippen LogP contribution is 2.26. The molecule has 2 heterocycles. The molecule has 3 rings (SSSR count). The van der Waals surface area contributed by atoms with Gasteiger partial charge >= 0.3 is 0 Å². The fraction of sp³-hybridized carbons (Fsp3) is 0.450. The second kappa shape index (κ2) is 7.95. The Morgan fingerprint density at radius 1 is 1.21 bits per heavy atom. The third kappa shape index (κ3) is 4.05. The first kappa shape index (κ1) is 17.2. The summed E-state index contributed by atoms with van der Waals surface area (Å²) in [6.45, 7) is 6.94. The number of likely N-dealkylation sites (tertiary alicyclic amines) is 1. The number of thiophene rings is 1. The Balaban J connectivity index is 1.71. The molecule has 1 fully saturated rings. The van der Waals surface area contributed by atoms with E-state index in [9.17, 15) is 4.79 Å². The largest absolute Gasteiger partial charge is 0.350 e. The van der Waals surface area contributed by atoms with Crippen LogP contribution in [-0.4, -0.2) is 30.4 Å². The molecule has 128 valence electrons. The van der Waals surface area contributed by atoms with Crippen molar-refractivity contribution in [3.63, 3.8) is 0 Å². The van der Waals surface area contributed by atoms with Crippen molar-refractivity contribution in [2.45, 2.75) is 39.2 Å². The number of nitrogens with one attached hydrogen (secondary N) is 1. The van der Waals surface area contributed by atoms with E-state index in [1.54, 1.807) is 11.3 Å². The van der Waals surface area contributed by atoms with E-state index < -0.39 is 0 Å². The van der Waals surface area contributed by atoms with Crippen molar-refractivity contribution in [2.24, 2.45) is 0 Å². The highest BCUT2D eigenvalue weighted by molar-refractivity contribution is 7.07. The van der Waals surface area contributed by atoms with E-state index in [1.165, 1.54) is 24.8 Å². The van der Waals surface area contributed by atoms with E-state index in [0.717, 1.165) is 29.8 Å². The Labute approximate surface area is 148 Å². The third-order valence-electron chi connectivity index (χ3n) is 4.85. The molecule has 1 saturated heterocycles. The van der Waals surface area contributed by atoms with E-state index in [2.05, 4.69) is 27.0 Å². The van der Waals surface area contributed by atoms with E-state index in [4.69, 9.17) is 0 Å². The predicted octanol–water partition coefficient (Wildman–Crippen LogP) is 4.32. The molecule has 0 saturated carbocycles. The van der Waals surface area contributed by atoms with E-state index in [0.29, 0.717) is 6.54 Å². The number of benzene rings is 1. The quantitative estimate of drug-likeness (QED) is 0.877. The summed E-state index contributed by atoms with van der Waals surface area (Å²) in [6, 6.07) is 8.52. The Bertz CT molecular complexity index is 675. The van der Waals surface area contributed by atoms with Gasteiger partial charge in [-0.1, -0.05) is 24.1 Å². The Morgan fingerprint density at radius 2 is 2.00 bits per heavy atom. The summed E-state index contributed by atoms with van der Waals surface area (Å²) in [5.41, 5.74) is 4.26. The molecule has 0 bridgehead atoms. The molecule has 1 atom stereocenters. The number of hydrogen-bond donors (Lipinski definition) is 1. The molecule has 1 unspecified atom stereocenters. The molecule has 0 aliphatic carbocycles. The van der Waals surface area contributed by atoms with Crippen LogP contribution < -0.4 is 5.32 Å². The molecule has 0 radical (unpaired) electrons. The van der Waals surface area contributed by atoms with Crippen molar-refractivity contribution >= 4 is 17.2 Å². The number of carbonyl (C=O) groups excluding carboxylic acids is 1. The molecular formula is C20H26N2OS. The van der Waals surface area contributed by atoms with Gasteiger partial charge in [0, 0.05) is 12.1 Å². The molecule has 1 aliphatic heterocycles. The van der Waals surface area contributed by atoms with Gasteiger partial charge in [0.2, 0.25) is 0 Å². The van der Waals surface area contributed by atoms with Crippen molar-refractivity contribution in [3.8, 4) is 0 Å². The van der Waals surface area contributed by atoms with Gasteiger partial charge in [0.25, 0.3) is 5.91 Å². The van der Waals surface area contributed by atoms with Crippen molar-refractivity contribution in [1.29, 1.82) is 0 Å². The number of carbonyl (C=O) groups is 1. The molecule has 1 amide bonds. The van der Waals surface area contributed by atoms with Gasteiger partial charge in [-0.05, 0) is 73.8 Å². The van der Waals surface area contributed by atoms with Gasteiger partial charge in [-0.15, -0.1) is 0 Å². The Morgan fingerprint density at radius 3 is 2.71 bits per heavy atom. The van der Waals surface area contributed by atoms with Gasteiger partial charge in [-0.2, -0.15) is 11.3 Å². The van der Waals surface area contributed by atoms with Gasteiger partial charge in [-0.3, -0.25) is 9.69 Å². The standard InChI is InChI=1S/C20H26N2OS/c1-15-6-7-16(2)18(12-15)20(23)21-13-19(17-8-11-24-14-17)22-9-4-3-5-10-22/h6-8,11-12,14,19H,3-5,9-10,13H2,1-2H3,(H,21,23). The van der Waals surface area contributed by atoms with E-state index in [1.807, 2.05) is 32.0 Å². The van der Waals surface area contributed by atoms with E-state index >= 15 is 0 Å². The minimum Gasteiger partial charge on any atom is -0.350 e. The van der Waals surface area contributed by atoms with Crippen molar-refractivity contribution in [3.05, 3.63) is 57.3 Å². The zero-order valence-electron chi connectivity index (χ0n) is 14.5. The third-order valence-corrected chi connectivity index (χ3v) is 5.55.